The van der Waals surface area contributed by atoms with Crippen LogP contribution in [0.4, 0.5) is 0 Å². The number of halogens is 1. The third kappa shape index (κ3) is 4.64. The lowest BCUT2D eigenvalue weighted by Gasteiger charge is -2.31. The molecular weight excluding hydrogens is 352 g/mol. The van der Waals surface area contributed by atoms with E-state index in [4.69, 9.17) is 21.4 Å². The SMILES string of the molecule is O=C(O)CC1CCCCC1Oc1ccc(C(=O)c2ccc(Cl)cc2)cc1. The van der Waals surface area contributed by atoms with Crippen molar-refractivity contribution in [2.45, 2.75) is 38.2 Å². The number of ether oxygens (including phenoxy) is 1. The molecule has 2 aromatic rings. The molecule has 1 aliphatic rings. The first-order valence-electron chi connectivity index (χ1n) is 8.82. The van der Waals surface area contributed by atoms with Crippen molar-refractivity contribution in [3.05, 3.63) is 64.7 Å². The molecule has 136 valence electrons. The molecule has 3 rings (SSSR count). The number of ketones is 1. The van der Waals surface area contributed by atoms with Gasteiger partial charge in [-0.1, -0.05) is 18.0 Å². The maximum Gasteiger partial charge on any atom is 0.303 e. The summed E-state index contributed by atoms with van der Waals surface area (Å²) in [5, 5.41) is 9.66. The standard InChI is InChI=1S/C21H21ClO4/c22-17-9-5-14(6-10-17)21(25)15-7-11-18(12-8-15)26-19-4-2-1-3-16(19)13-20(23)24/h5-12,16,19H,1-4,13H2,(H,23,24). The number of carboxylic acids is 1. The Labute approximate surface area is 157 Å². The second kappa shape index (κ2) is 8.37. The molecule has 0 aromatic heterocycles. The first-order valence-corrected chi connectivity index (χ1v) is 9.19. The summed E-state index contributed by atoms with van der Waals surface area (Å²) in [4.78, 5) is 23.5. The quantitative estimate of drug-likeness (QED) is 0.726. The lowest BCUT2D eigenvalue weighted by atomic mass is 9.84. The van der Waals surface area contributed by atoms with Gasteiger partial charge in [-0.25, -0.2) is 0 Å². The fourth-order valence-electron chi connectivity index (χ4n) is 3.41. The number of hydrogen-bond donors (Lipinski definition) is 1. The maximum atomic E-state index is 12.5. The van der Waals surface area contributed by atoms with E-state index in [0.717, 1.165) is 25.7 Å². The molecule has 0 amide bonds. The first kappa shape index (κ1) is 18.5. The summed E-state index contributed by atoms with van der Waals surface area (Å²) in [6, 6.07) is 13.8. The number of rotatable bonds is 6. The number of aliphatic carboxylic acids is 1. The van der Waals surface area contributed by atoms with Crippen LogP contribution in [-0.2, 0) is 4.79 Å². The van der Waals surface area contributed by atoms with Crippen LogP contribution in [0.15, 0.2) is 48.5 Å². The Morgan fingerprint density at radius 3 is 2.15 bits per heavy atom. The second-order valence-corrected chi connectivity index (χ2v) is 7.10. The Morgan fingerprint density at radius 1 is 0.962 bits per heavy atom. The molecule has 1 N–H and O–H groups in total. The van der Waals surface area contributed by atoms with Crippen molar-refractivity contribution in [1.82, 2.24) is 0 Å². The summed E-state index contributed by atoms with van der Waals surface area (Å²) < 4.78 is 6.03. The van der Waals surface area contributed by atoms with Gasteiger partial charge in [0.1, 0.15) is 11.9 Å². The molecule has 0 saturated heterocycles. The Balaban J connectivity index is 1.68. The third-order valence-corrected chi connectivity index (χ3v) is 5.04. The fraction of sp³-hybridized carbons (Fsp3) is 0.333. The number of carbonyl (C=O) groups excluding carboxylic acids is 1. The maximum absolute atomic E-state index is 12.5. The van der Waals surface area contributed by atoms with Crippen LogP contribution in [0, 0.1) is 5.92 Å². The highest BCUT2D eigenvalue weighted by molar-refractivity contribution is 6.30. The Hall–Kier alpha value is -2.33. The normalized spacial score (nSPS) is 19.7. The van der Waals surface area contributed by atoms with Crippen LogP contribution in [0.5, 0.6) is 5.75 Å². The smallest absolute Gasteiger partial charge is 0.303 e. The number of carbonyl (C=O) groups is 2. The van der Waals surface area contributed by atoms with Gasteiger partial charge in [-0.3, -0.25) is 9.59 Å². The number of benzene rings is 2. The van der Waals surface area contributed by atoms with Crippen molar-refractivity contribution in [3.8, 4) is 5.75 Å². The lowest BCUT2D eigenvalue weighted by molar-refractivity contribution is -0.139. The molecule has 5 heteroatoms. The van der Waals surface area contributed by atoms with Gasteiger partial charge in [0.25, 0.3) is 0 Å². The van der Waals surface area contributed by atoms with Crippen LogP contribution < -0.4 is 4.74 Å². The van der Waals surface area contributed by atoms with Gasteiger partial charge >= 0.3 is 5.97 Å². The summed E-state index contributed by atoms with van der Waals surface area (Å²) in [5.41, 5.74) is 1.15. The van der Waals surface area contributed by atoms with E-state index in [9.17, 15) is 9.59 Å². The van der Waals surface area contributed by atoms with Gasteiger partial charge in [-0.05, 0) is 67.8 Å². The minimum Gasteiger partial charge on any atom is -0.490 e. The molecular formula is C21H21ClO4. The number of hydrogen-bond acceptors (Lipinski definition) is 3. The van der Waals surface area contributed by atoms with Gasteiger partial charge in [-0.2, -0.15) is 0 Å². The van der Waals surface area contributed by atoms with Crippen LogP contribution in [0.2, 0.25) is 5.02 Å². The molecule has 0 heterocycles. The minimum atomic E-state index is -0.783. The topological polar surface area (TPSA) is 63.6 Å². The van der Waals surface area contributed by atoms with Gasteiger partial charge in [0.15, 0.2) is 5.78 Å². The van der Waals surface area contributed by atoms with Crippen molar-refractivity contribution >= 4 is 23.4 Å². The first-order chi connectivity index (χ1) is 12.5. The van der Waals surface area contributed by atoms with E-state index in [-0.39, 0.29) is 24.2 Å². The average molecular weight is 373 g/mol. The zero-order valence-electron chi connectivity index (χ0n) is 14.4. The highest BCUT2D eigenvalue weighted by Crippen LogP contribution is 2.31. The van der Waals surface area contributed by atoms with Crippen LogP contribution >= 0.6 is 11.6 Å². The zero-order chi connectivity index (χ0) is 18.5. The van der Waals surface area contributed by atoms with Gasteiger partial charge in [-0.15, -0.1) is 0 Å². The van der Waals surface area contributed by atoms with E-state index in [2.05, 4.69) is 0 Å². The van der Waals surface area contributed by atoms with Crippen molar-refractivity contribution in [2.75, 3.05) is 0 Å². The van der Waals surface area contributed by atoms with Crippen LogP contribution in [0.25, 0.3) is 0 Å². The highest BCUT2D eigenvalue weighted by Gasteiger charge is 2.28. The molecule has 4 nitrogen and oxygen atoms in total. The van der Waals surface area contributed by atoms with Gasteiger partial charge in [0, 0.05) is 22.1 Å². The van der Waals surface area contributed by atoms with Crippen molar-refractivity contribution in [3.63, 3.8) is 0 Å². The molecule has 0 bridgehead atoms. The summed E-state index contributed by atoms with van der Waals surface area (Å²) in [5.74, 6) is -0.152. The average Bonchev–Trinajstić information content (AvgIpc) is 2.64. The van der Waals surface area contributed by atoms with Gasteiger partial charge in [0.2, 0.25) is 0 Å². The monoisotopic (exact) mass is 372 g/mol. The van der Waals surface area contributed by atoms with Crippen molar-refractivity contribution < 1.29 is 19.4 Å². The lowest BCUT2D eigenvalue weighted by Crippen LogP contribution is -2.32. The molecule has 2 aromatic carbocycles. The molecule has 26 heavy (non-hydrogen) atoms. The highest BCUT2D eigenvalue weighted by atomic mass is 35.5. The van der Waals surface area contributed by atoms with E-state index < -0.39 is 5.97 Å². The minimum absolute atomic E-state index is 0.0385. The Kier molecular flexibility index (Phi) is 5.94. The predicted molar refractivity (Wildman–Crippen MR) is 100.0 cm³/mol. The largest absolute Gasteiger partial charge is 0.490 e. The van der Waals surface area contributed by atoms with Crippen LogP contribution in [0.3, 0.4) is 0 Å². The molecule has 0 aliphatic heterocycles. The third-order valence-electron chi connectivity index (χ3n) is 4.79. The fourth-order valence-corrected chi connectivity index (χ4v) is 3.54. The van der Waals surface area contributed by atoms with E-state index in [1.165, 1.54) is 0 Å². The Morgan fingerprint density at radius 2 is 1.54 bits per heavy atom. The number of carboxylic acid groups (broad SMARTS) is 1. The summed E-state index contributed by atoms with van der Waals surface area (Å²) in [6.07, 6.45) is 3.89. The van der Waals surface area contributed by atoms with E-state index in [1.54, 1.807) is 48.5 Å². The van der Waals surface area contributed by atoms with Gasteiger partial charge in [0.05, 0.1) is 6.42 Å². The molecule has 1 saturated carbocycles. The Bertz CT molecular complexity index is 768. The molecule has 0 spiro atoms. The van der Waals surface area contributed by atoms with Crippen molar-refractivity contribution in [1.29, 1.82) is 0 Å². The zero-order valence-corrected chi connectivity index (χ0v) is 15.1. The van der Waals surface area contributed by atoms with Crippen LogP contribution in [0.1, 0.15) is 48.0 Å². The summed E-state index contributed by atoms with van der Waals surface area (Å²) in [7, 11) is 0. The summed E-state index contributed by atoms with van der Waals surface area (Å²) in [6.45, 7) is 0. The van der Waals surface area contributed by atoms with Gasteiger partial charge < -0.3 is 9.84 Å². The summed E-state index contributed by atoms with van der Waals surface area (Å²) >= 11 is 5.85. The molecule has 2 unspecified atom stereocenters. The molecule has 2 atom stereocenters. The van der Waals surface area contributed by atoms with E-state index in [0.29, 0.717) is 21.9 Å². The molecule has 0 radical (unpaired) electrons. The van der Waals surface area contributed by atoms with E-state index in [1.807, 2.05) is 0 Å². The van der Waals surface area contributed by atoms with E-state index >= 15 is 0 Å². The molecule has 1 aliphatic carbocycles. The van der Waals surface area contributed by atoms with Crippen molar-refractivity contribution in [2.24, 2.45) is 5.92 Å². The van der Waals surface area contributed by atoms with Crippen LogP contribution in [-0.4, -0.2) is 23.0 Å². The molecule has 1 fully saturated rings. The predicted octanol–water partition coefficient (Wildman–Crippen LogP) is 4.98. The second-order valence-electron chi connectivity index (χ2n) is 6.66.